The molecule has 2 saturated heterocycles. The Morgan fingerprint density at radius 3 is 1.48 bits per heavy atom. The summed E-state index contributed by atoms with van der Waals surface area (Å²) in [6, 6.07) is 7.94. The highest BCUT2D eigenvalue weighted by molar-refractivity contribution is 7.88. The molecule has 0 atom stereocenters. The number of hydrogen-bond acceptors (Lipinski definition) is 8. The van der Waals surface area contributed by atoms with Gasteiger partial charge in [0.1, 0.15) is 0 Å². The predicted octanol–water partition coefficient (Wildman–Crippen LogP) is 7.80. The summed E-state index contributed by atoms with van der Waals surface area (Å²) in [5.74, 6) is -2.54. The highest BCUT2D eigenvalue weighted by Crippen LogP contribution is 2.40. The monoisotopic (exact) mass is 754 g/mol. The second kappa shape index (κ2) is 16.6. The van der Waals surface area contributed by atoms with E-state index in [-0.39, 0.29) is 22.4 Å². The number of nitrogens with zero attached hydrogens (tertiary/aromatic N) is 2. The molecule has 0 unspecified atom stereocenters. The SMILES string of the molecule is CCCN1CCC(c2cccc(OS(=O)(=O)C(F)(F)F)c2Cl)CC1.CCCN1CCC(c2cccc(OS(=O)(=O)C(F)(F)F)c2F)CC1. The molecule has 48 heavy (non-hydrogen) atoms. The normalized spacial score (nSPS) is 17.9. The number of alkyl halides is 6. The summed E-state index contributed by atoms with van der Waals surface area (Å²) in [4.78, 5) is 4.56. The van der Waals surface area contributed by atoms with Crippen LogP contribution in [0.25, 0.3) is 0 Å². The molecular weight excluding hydrogens is 717 g/mol. The first-order valence-corrected chi connectivity index (χ1v) is 18.5. The summed E-state index contributed by atoms with van der Waals surface area (Å²) in [6.45, 7) is 9.41. The fourth-order valence-corrected chi connectivity index (χ4v) is 7.01. The van der Waals surface area contributed by atoms with Crippen LogP contribution in [0.5, 0.6) is 11.5 Å². The number of benzene rings is 2. The van der Waals surface area contributed by atoms with E-state index in [9.17, 15) is 47.6 Å². The minimum atomic E-state index is -5.89. The van der Waals surface area contributed by atoms with Gasteiger partial charge in [-0.25, -0.2) is 4.39 Å². The Bertz CT molecular complexity index is 1460. The summed E-state index contributed by atoms with van der Waals surface area (Å²) in [5, 5.41) is -0.0701. The molecule has 0 N–H and O–H groups in total. The van der Waals surface area contributed by atoms with E-state index in [0.29, 0.717) is 18.4 Å². The summed E-state index contributed by atoms with van der Waals surface area (Å²) >= 11 is 6.13. The zero-order chi connectivity index (χ0) is 35.9. The minimum Gasteiger partial charge on any atom is -0.374 e. The Balaban J connectivity index is 0.000000260. The second-order valence-electron chi connectivity index (χ2n) is 11.5. The fourth-order valence-electron chi connectivity index (χ4n) is 5.71. The minimum absolute atomic E-state index is 0.0701. The first-order chi connectivity index (χ1) is 22.3. The standard InChI is InChI=1S/C15H19ClF3NO3S.C15H19F4NO3S/c2*1-2-8-20-9-6-11(7-10-20)12-4-3-5-13(14(12)16)23-24(21,22)15(17,18)19/h2*3-5,11H,2,6-10H2,1H3. The Morgan fingerprint density at radius 2 is 1.06 bits per heavy atom. The van der Waals surface area contributed by atoms with Crippen molar-refractivity contribution in [3.8, 4) is 11.5 Å². The molecule has 18 heteroatoms. The molecule has 8 nitrogen and oxygen atoms in total. The average molecular weight is 755 g/mol. The molecule has 0 radical (unpaired) electrons. The lowest BCUT2D eigenvalue weighted by Crippen LogP contribution is -2.33. The molecule has 272 valence electrons. The maximum absolute atomic E-state index is 14.5. The molecule has 0 amide bonds. The van der Waals surface area contributed by atoms with Crippen LogP contribution in [0.1, 0.15) is 75.3 Å². The number of piperidine rings is 2. The third-order valence-corrected chi connectivity index (χ3v) is 10.4. The van der Waals surface area contributed by atoms with Crippen molar-refractivity contribution in [2.75, 3.05) is 39.3 Å². The van der Waals surface area contributed by atoms with Crippen molar-refractivity contribution in [2.24, 2.45) is 0 Å². The number of rotatable bonds is 10. The largest absolute Gasteiger partial charge is 0.534 e. The highest BCUT2D eigenvalue weighted by atomic mass is 35.5. The van der Waals surface area contributed by atoms with E-state index in [1.807, 2.05) is 0 Å². The van der Waals surface area contributed by atoms with Gasteiger partial charge in [0.2, 0.25) is 0 Å². The van der Waals surface area contributed by atoms with Crippen molar-refractivity contribution < 1.29 is 55.9 Å². The van der Waals surface area contributed by atoms with Crippen LogP contribution in [0.4, 0.5) is 30.7 Å². The topological polar surface area (TPSA) is 93.2 Å². The maximum Gasteiger partial charge on any atom is 0.534 e. The molecular formula is C30H38ClF7N2O6S2. The molecule has 2 fully saturated rings. The van der Waals surface area contributed by atoms with Gasteiger partial charge in [0.25, 0.3) is 0 Å². The molecule has 2 aromatic carbocycles. The Hall–Kier alpha value is -2.34. The molecule has 2 aromatic rings. The van der Waals surface area contributed by atoms with Crippen LogP contribution < -0.4 is 8.37 Å². The van der Waals surface area contributed by atoms with Gasteiger partial charge >= 0.3 is 31.3 Å². The van der Waals surface area contributed by atoms with Gasteiger partial charge in [-0.1, -0.05) is 49.7 Å². The molecule has 0 spiro atoms. The van der Waals surface area contributed by atoms with Gasteiger partial charge in [0, 0.05) is 0 Å². The van der Waals surface area contributed by atoms with Gasteiger partial charge in [-0.2, -0.15) is 43.2 Å². The van der Waals surface area contributed by atoms with Gasteiger partial charge in [-0.3, -0.25) is 0 Å². The summed E-state index contributed by atoms with van der Waals surface area (Å²) in [5.41, 5.74) is -10.3. The lowest BCUT2D eigenvalue weighted by atomic mass is 9.89. The van der Waals surface area contributed by atoms with E-state index in [0.717, 1.165) is 77.1 Å². The van der Waals surface area contributed by atoms with Gasteiger partial charge in [-0.15, -0.1) is 0 Å². The van der Waals surface area contributed by atoms with E-state index in [1.165, 1.54) is 18.2 Å². The van der Waals surface area contributed by atoms with Gasteiger partial charge in [0.05, 0.1) is 5.02 Å². The highest BCUT2D eigenvalue weighted by Gasteiger charge is 2.50. The fraction of sp³-hybridized carbons (Fsp3) is 0.600. The summed E-state index contributed by atoms with van der Waals surface area (Å²) < 4.78 is 142. The molecule has 0 aromatic heterocycles. The molecule has 0 aliphatic carbocycles. The quantitative estimate of drug-likeness (QED) is 0.138. The van der Waals surface area contributed by atoms with Crippen LogP contribution in [0, 0.1) is 5.82 Å². The maximum atomic E-state index is 14.5. The lowest BCUT2D eigenvalue weighted by Gasteiger charge is -2.32. The van der Waals surface area contributed by atoms with Crippen LogP contribution in [0.3, 0.4) is 0 Å². The number of halogens is 8. The van der Waals surface area contributed by atoms with Crippen LogP contribution in [0.2, 0.25) is 5.02 Å². The van der Waals surface area contributed by atoms with E-state index in [2.05, 4.69) is 32.0 Å². The van der Waals surface area contributed by atoms with E-state index in [4.69, 9.17) is 11.6 Å². The zero-order valence-electron chi connectivity index (χ0n) is 26.3. The predicted molar refractivity (Wildman–Crippen MR) is 166 cm³/mol. The second-order valence-corrected chi connectivity index (χ2v) is 15.0. The Kier molecular flexibility index (Phi) is 13.8. The van der Waals surface area contributed by atoms with Crippen LogP contribution in [-0.4, -0.2) is 76.9 Å². The average Bonchev–Trinajstić information content (AvgIpc) is 3.00. The van der Waals surface area contributed by atoms with Gasteiger partial charge in [-0.05, 0) is 113 Å². The number of likely N-dealkylation sites (tertiary alicyclic amines) is 2. The van der Waals surface area contributed by atoms with Crippen molar-refractivity contribution >= 4 is 31.8 Å². The molecule has 2 aliphatic heterocycles. The van der Waals surface area contributed by atoms with Gasteiger partial charge in [0.15, 0.2) is 17.3 Å². The third-order valence-electron chi connectivity index (χ3n) is 8.09. The van der Waals surface area contributed by atoms with E-state index in [1.54, 1.807) is 6.07 Å². The first kappa shape index (κ1) is 40.1. The summed E-state index contributed by atoms with van der Waals surface area (Å²) in [6.07, 6.45) is 5.02. The van der Waals surface area contributed by atoms with Crippen LogP contribution in [0.15, 0.2) is 36.4 Å². The van der Waals surface area contributed by atoms with E-state index >= 15 is 0 Å². The zero-order valence-corrected chi connectivity index (χ0v) is 28.7. The van der Waals surface area contributed by atoms with Crippen LogP contribution >= 0.6 is 11.6 Å². The summed E-state index contributed by atoms with van der Waals surface area (Å²) in [7, 11) is -11.6. The Morgan fingerprint density at radius 1 is 0.688 bits per heavy atom. The van der Waals surface area contributed by atoms with Crippen molar-refractivity contribution in [2.45, 2.75) is 75.2 Å². The Labute approximate surface area is 281 Å². The molecule has 2 aliphatic rings. The number of hydrogen-bond donors (Lipinski definition) is 0. The molecule has 0 bridgehead atoms. The molecule has 4 rings (SSSR count). The van der Waals surface area contributed by atoms with Crippen molar-refractivity contribution in [3.05, 3.63) is 58.4 Å². The first-order valence-electron chi connectivity index (χ1n) is 15.3. The smallest absolute Gasteiger partial charge is 0.374 e. The van der Waals surface area contributed by atoms with E-state index < -0.39 is 48.6 Å². The lowest BCUT2D eigenvalue weighted by molar-refractivity contribution is -0.0505. The van der Waals surface area contributed by atoms with Crippen molar-refractivity contribution in [1.82, 2.24) is 9.80 Å². The molecule has 2 heterocycles. The third kappa shape index (κ3) is 10.3. The van der Waals surface area contributed by atoms with Crippen molar-refractivity contribution in [3.63, 3.8) is 0 Å². The molecule has 0 saturated carbocycles. The van der Waals surface area contributed by atoms with Crippen molar-refractivity contribution in [1.29, 1.82) is 0 Å². The van der Waals surface area contributed by atoms with Gasteiger partial charge < -0.3 is 18.2 Å². The van der Waals surface area contributed by atoms with Crippen LogP contribution in [-0.2, 0) is 20.2 Å².